The molecule has 2 N–H and O–H groups in total. The van der Waals surface area contributed by atoms with Crippen LogP contribution in [-0.4, -0.2) is 19.2 Å². The lowest BCUT2D eigenvalue weighted by Gasteiger charge is -2.09. The Morgan fingerprint density at radius 1 is 1.00 bits per heavy atom. The summed E-state index contributed by atoms with van der Waals surface area (Å²) >= 11 is 0. The van der Waals surface area contributed by atoms with E-state index < -0.39 is 10.0 Å². The van der Waals surface area contributed by atoms with Gasteiger partial charge in [0.05, 0.1) is 17.6 Å². The van der Waals surface area contributed by atoms with Crippen LogP contribution in [0.4, 0.5) is 17.2 Å². The standard InChI is InChI=1S/C17H23N3O2S/c1-3-5-12-23(21,22)20-17-11-10-16(13-18-17)19-15-8-6-14(4-2)7-9-15/h6-11,13,19H,3-5,12H2,1-2H3,(H,18,20). The van der Waals surface area contributed by atoms with Crippen molar-refractivity contribution in [2.75, 3.05) is 15.8 Å². The summed E-state index contributed by atoms with van der Waals surface area (Å²) in [6.45, 7) is 4.08. The van der Waals surface area contributed by atoms with Crippen molar-refractivity contribution >= 4 is 27.2 Å². The van der Waals surface area contributed by atoms with E-state index in [1.54, 1.807) is 18.3 Å². The van der Waals surface area contributed by atoms with Gasteiger partial charge in [-0.1, -0.05) is 32.4 Å². The van der Waals surface area contributed by atoms with Crippen LogP contribution in [-0.2, 0) is 16.4 Å². The molecule has 0 saturated heterocycles. The van der Waals surface area contributed by atoms with Gasteiger partial charge in [0.15, 0.2) is 0 Å². The Balaban J connectivity index is 1.98. The molecule has 0 aliphatic heterocycles. The van der Waals surface area contributed by atoms with E-state index in [9.17, 15) is 8.42 Å². The minimum absolute atomic E-state index is 0.120. The summed E-state index contributed by atoms with van der Waals surface area (Å²) in [6.07, 6.45) is 4.11. The third-order valence-corrected chi connectivity index (χ3v) is 4.79. The van der Waals surface area contributed by atoms with E-state index in [0.717, 1.165) is 24.2 Å². The summed E-state index contributed by atoms with van der Waals surface area (Å²) in [4.78, 5) is 4.15. The van der Waals surface area contributed by atoms with Gasteiger partial charge in [0, 0.05) is 5.69 Å². The number of hydrogen-bond donors (Lipinski definition) is 2. The molecule has 0 bridgehead atoms. The van der Waals surface area contributed by atoms with Crippen LogP contribution < -0.4 is 10.0 Å². The molecule has 0 radical (unpaired) electrons. The fourth-order valence-corrected chi connectivity index (χ4v) is 3.27. The van der Waals surface area contributed by atoms with Crippen molar-refractivity contribution < 1.29 is 8.42 Å². The minimum atomic E-state index is -3.31. The zero-order valence-electron chi connectivity index (χ0n) is 13.5. The lowest BCUT2D eigenvalue weighted by atomic mass is 10.1. The molecule has 2 rings (SSSR count). The van der Waals surface area contributed by atoms with Gasteiger partial charge in [-0.15, -0.1) is 0 Å². The molecule has 0 fully saturated rings. The molecule has 0 amide bonds. The Morgan fingerprint density at radius 2 is 1.70 bits per heavy atom. The normalized spacial score (nSPS) is 11.2. The average molecular weight is 333 g/mol. The number of benzene rings is 1. The van der Waals surface area contributed by atoms with Crippen molar-refractivity contribution in [3.05, 3.63) is 48.2 Å². The molecule has 0 saturated carbocycles. The number of unbranched alkanes of at least 4 members (excludes halogenated alkanes) is 1. The Hall–Kier alpha value is -2.08. The second-order valence-electron chi connectivity index (χ2n) is 5.38. The number of nitrogens with one attached hydrogen (secondary N) is 2. The van der Waals surface area contributed by atoms with Gasteiger partial charge in [-0.05, 0) is 42.7 Å². The zero-order valence-corrected chi connectivity index (χ0v) is 14.4. The Bertz CT molecular complexity index is 711. The molecular weight excluding hydrogens is 310 g/mol. The van der Waals surface area contributed by atoms with Gasteiger partial charge in [-0.3, -0.25) is 4.72 Å². The van der Waals surface area contributed by atoms with Crippen LogP contribution in [0.15, 0.2) is 42.6 Å². The third kappa shape index (κ3) is 5.56. The highest BCUT2D eigenvalue weighted by Crippen LogP contribution is 2.18. The fraction of sp³-hybridized carbons (Fsp3) is 0.353. The van der Waals surface area contributed by atoms with Crippen molar-refractivity contribution in [3.63, 3.8) is 0 Å². The lowest BCUT2D eigenvalue weighted by molar-refractivity contribution is 0.597. The van der Waals surface area contributed by atoms with E-state index in [4.69, 9.17) is 0 Å². The molecule has 0 atom stereocenters. The topological polar surface area (TPSA) is 71.1 Å². The van der Waals surface area contributed by atoms with Crippen molar-refractivity contribution in [3.8, 4) is 0 Å². The molecule has 0 aliphatic carbocycles. The monoisotopic (exact) mass is 333 g/mol. The number of nitrogens with zero attached hydrogens (tertiary/aromatic N) is 1. The summed E-state index contributed by atoms with van der Waals surface area (Å²) in [7, 11) is -3.31. The van der Waals surface area contributed by atoms with Gasteiger partial charge in [-0.2, -0.15) is 0 Å². The smallest absolute Gasteiger partial charge is 0.233 e. The van der Waals surface area contributed by atoms with E-state index in [2.05, 4.69) is 34.1 Å². The second kappa shape index (κ2) is 7.97. The summed E-state index contributed by atoms with van der Waals surface area (Å²) in [5.41, 5.74) is 3.07. The third-order valence-electron chi connectivity index (χ3n) is 3.44. The fourth-order valence-electron chi connectivity index (χ4n) is 2.06. The number of rotatable bonds is 8. The van der Waals surface area contributed by atoms with Crippen LogP contribution in [0, 0.1) is 0 Å². The Kier molecular flexibility index (Phi) is 5.98. The molecule has 5 nitrogen and oxygen atoms in total. The maximum absolute atomic E-state index is 11.8. The first-order chi connectivity index (χ1) is 11.0. The highest BCUT2D eigenvalue weighted by atomic mass is 32.2. The quantitative estimate of drug-likeness (QED) is 0.768. The Labute approximate surface area is 138 Å². The number of sulfonamides is 1. The van der Waals surface area contributed by atoms with Crippen LogP contribution in [0.5, 0.6) is 0 Å². The highest BCUT2D eigenvalue weighted by molar-refractivity contribution is 7.92. The molecular formula is C17H23N3O2S. The number of pyridine rings is 1. The van der Waals surface area contributed by atoms with Gasteiger partial charge in [-0.25, -0.2) is 13.4 Å². The molecule has 124 valence electrons. The predicted molar refractivity (Wildman–Crippen MR) is 95.7 cm³/mol. The number of aryl methyl sites for hydroxylation is 1. The lowest BCUT2D eigenvalue weighted by Crippen LogP contribution is -2.17. The van der Waals surface area contributed by atoms with Crippen LogP contribution in [0.2, 0.25) is 0 Å². The molecule has 1 aromatic heterocycles. The number of aromatic nitrogens is 1. The SMILES string of the molecule is CCCCS(=O)(=O)Nc1ccc(Nc2ccc(CC)cc2)cn1. The van der Waals surface area contributed by atoms with Crippen LogP contribution >= 0.6 is 0 Å². The van der Waals surface area contributed by atoms with Crippen molar-refractivity contribution in [2.45, 2.75) is 33.1 Å². The van der Waals surface area contributed by atoms with Gasteiger partial charge in [0.1, 0.15) is 5.82 Å². The van der Waals surface area contributed by atoms with Crippen molar-refractivity contribution in [1.29, 1.82) is 0 Å². The van der Waals surface area contributed by atoms with Gasteiger partial charge in [0.2, 0.25) is 10.0 Å². The van der Waals surface area contributed by atoms with E-state index >= 15 is 0 Å². The van der Waals surface area contributed by atoms with Gasteiger partial charge in [0.25, 0.3) is 0 Å². The summed E-state index contributed by atoms with van der Waals surface area (Å²) in [5, 5.41) is 3.24. The summed E-state index contributed by atoms with van der Waals surface area (Å²) in [5.74, 6) is 0.461. The minimum Gasteiger partial charge on any atom is -0.354 e. The van der Waals surface area contributed by atoms with Crippen molar-refractivity contribution in [1.82, 2.24) is 4.98 Å². The molecule has 2 aromatic rings. The molecule has 0 unspecified atom stereocenters. The first-order valence-electron chi connectivity index (χ1n) is 7.85. The maximum Gasteiger partial charge on any atom is 0.233 e. The number of anilines is 3. The molecule has 6 heteroatoms. The van der Waals surface area contributed by atoms with E-state index in [-0.39, 0.29) is 5.75 Å². The number of hydrogen-bond acceptors (Lipinski definition) is 4. The first-order valence-corrected chi connectivity index (χ1v) is 9.50. The summed E-state index contributed by atoms with van der Waals surface area (Å²) < 4.78 is 26.1. The Morgan fingerprint density at radius 3 is 2.26 bits per heavy atom. The van der Waals surface area contributed by atoms with Crippen LogP contribution in [0.3, 0.4) is 0 Å². The predicted octanol–water partition coefficient (Wildman–Crippen LogP) is 3.93. The zero-order chi connectivity index (χ0) is 16.7. The first kappa shape index (κ1) is 17.3. The molecule has 23 heavy (non-hydrogen) atoms. The van der Waals surface area contributed by atoms with Crippen molar-refractivity contribution in [2.24, 2.45) is 0 Å². The van der Waals surface area contributed by atoms with Gasteiger partial charge >= 0.3 is 0 Å². The van der Waals surface area contributed by atoms with Gasteiger partial charge < -0.3 is 5.32 Å². The van der Waals surface area contributed by atoms with Crippen LogP contribution in [0.25, 0.3) is 0 Å². The van der Waals surface area contributed by atoms with E-state index in [0.29, 0.717) is 12.2 Å². The van der Waals surface area contributed by atoms with E-state index in [1.165, 1.54) is 5.56 Å². The maximum atomic E-state index is 11.8. The van der Waals surface area contributed by atoms with E-state index in [1.807, 2.05) is 19.1 Å². The molecule has 0 spiro atoms. The highest BCUT2D eigenvalue weighted by Gasteiger charge is 2.10. The summed E-state index contributed by atoms with van der Waals surface area (Å²) in [6, 6.07) is 11.6. The second-order valence-corrected chi connectivity index (χ2v) is 7.22. The molecule has 1 aromatic carbocycles. The largest absolute Gasteiger partial charge is 0.354 e. The average Bonchev–Trinajstić information content (AvgIpc) is 2.55. The van der Waals surface area contributed by atoms with Crippen LogP contribution in [0.1, 0.15) is 32.3 Å². The molecule has 0 aliphatic rings. The molecule has 1 heterocycles.